The van der Waals surface area contributed by atoms with Crippen molar-refractivity contribution in [3.05, 3.63) is 29.8 Å². The fourth-order valence-corrected chi connectivity index (χ4v) is 2.58. The van der Waals surface area contributed by atoms with Crippen molar-refractivity contribution in [1.29, 1.82) is 0 Å². The molecule has 0 aliphatic carbocycles. The Morgan fingerprint density at radius 1 is 1.00 bits per heavy atom. The van der Waals surface area contributed by atoms with E-state index in [1.807, 2.05) is 31.2 Å². The van der Waals surface area contributed by atoms with Crippen LogP contribution in [0.25, 0.3) is 0 Å². The maximum atomic E-state index is 12.1. The zero-order valence-electron chi connectivity index (χ0n) is 13.7. The number of nitrogens with one attached hydrogen (secondary N) is 1. The van der Waals surface area contributed by atoms with Crippen molar-refractivity contribution in [2.45, 2.75) is 26.7 Å². The molecule has 1 fully saturated rings. The van der Waals surface area contributed by atoms with Gasteiger partial charge in [-0.1, -0.05) is 18.2 Å². The monoisotopic (exact) mass is 317 g/mol. The highest BCUT2D eigenvalue weighted by atomic mass is 16.2. The second-order valence-corrected chi connectivity index (χ2v) is 5.75. The molecule has 0 saturated carbocycles. The van der Waals surface area contributed by atoms with Crippen LogP contribution in [-0.2, 0) is 14.4 Å². The summed E-state index contributed by atoms with van der Waals surface area (Å²) in [6.45, 7) is 5.67. The fraction of sp³-hybridized carbons (Fsp3) is 0.471. The number of rotatable bonds is 4. The van der Waals surface area contributed by atoms with Crippen LogP contribution in [0.5, 0.6) is 0 Å². The number of carbonyl (C=O) groups is 3. The average Bonchev–Trinajstić information content (AvgIpc) is 2.55. The lowest BCUT2D eigenvalue weighted by Crippen LogP contribution is -2.50. The second kappa shape index (κ2) is 7.76. The van der Waals surface area contributed by atoms with Crippen LogP contribution in [0.4, 0.5) is 5.69 Å². The summed E-state index contributed by atoms with van der Waals surface area (Å²) in [6, 6.07) is 7.54. The Hall–Kier alpha value is -2.37. The Morgan fingerprint density at radius 3 is 2.22 bits per heavy atom. The summed E-state index contributed by atoms with van der Waals surface area (Å²) in [4.78, 5) is 38.8. The van der Waals surface area contributed by atoms with Crippen LogP contribution in [0, 0.1) is 6.92 Å². The number of amides is 3. The summed E-state index contributed by atoms with van der Waals surface area (Å²) in [5.74, 6) is -0.155. The lowest BCUT2D eigenvalue weighted by atomic mass is 10.2. The van der Waals surface area contributed by atoms with E-state index in [4.69, 9.17) is 0 Å². The Morgan fingerprint density at radius 2 is 1.61 bits per heavy atom. The van der Waals surface area contributed by atoms with Crippen molar-refractivity contribution in [1.82, 2.24) is 9.80 Å². The number of aryl methyl sites for hydroxylation is 1. The van der Waals surface area contributed by atoms with Crippen LogP contribution < -0.4 is 5.32 Å². The molecule has 0 radical (unpaired) electrons. The molecule has 1 aliphatic heterocycles. The van der Waals surface area contributed by atoms with E-state index in [-0.39, 0.29) is 30.6 Å². The first-order valence-corrected chi connectivity index (χ1v) is 7.86. The van der Waals surface area contributed by atoms with Crippen molar-refractivity contribution in [2.75, 3.05) is 31.5 Å². The predicted octanol–water partition coefficient (Wildman–Crippen LogP) is 1.40. The van der Waals surface area contributed by atoms with E-state index in [0.29, 0.717) is 26.2 Å². The molecule has 1 saturated heterocycles. The topological polar surface area (TPSA) is 69.7 Å². The maximum absolute atomic E-state index is 12.1. The van der Waals surface area contributed by atoms with Crippen molar-refractivity contribution >= 4 is 23.4 Å². The lowest BCUT2D eigenvalue weighted by Gasteiger charge is -2.34. The minimum absolute atomic E-state index is 0.0341. The third kappa shape index (κ3) is 4.81. The summed E-state index contributed by atoms with van der Waals surface area (Å²) in [5, 5.41) is 2.83. The summed E-state index contributed by atoms with van der Waals surface area (Å²) < 4.78 is 0. The minimum Gasteiger partial charge on any atom is -0.339 e. The molecule has 1 N–H and O–H groups in total. The van der Waals surface area contributed by atoms with Crippen molar-refractivity contribution in [3.63, 3.8) is 0 Å². The molecule has 1 aromatic rings. The van der Waals surface area contributed by atoms with E-state index in [2.05, 4.69) is 5.32 Å². The van der Waals surface area contributed by atoms with E-state index >= 15 is 0 Å². The molecule has 0 atom stereocenters. The molecule has 23 heavy (non-hydrogen) atoms. The van der Waals surface area contributed by atoms with Gasteiger partial charge in [-0.05, 0) is 18.6 Å². The van der Waals surface area contributed by atoms with Gasteiger partial charge in [-0.3, -0.25) is 14.4 Å². The van der Waals surface area contributed by atoms with Gasteiger partial charge in [0.2, 0.25) is 17.7 Å². The Balaban J connectivity index is 1.75. The van der Waals surface area contributed by atoms with Crippen LogP contribution in [0.1, 0.15) is 25.3 Å². The number of piperazine rings is 1. The summed E-state index contributed by atoms with van der Waals surface area (Å²) in [7, 11) is 0. The predicted molar refractivity (Wildman–Crippen MR) is 87.9 cm³/mol. The van der Waals surface area contributed by atoms with Crippen LogP contribution in [0.15, 0.2) is 24.3 Å². The highest BCUT2D eigenvalue weighted by Gasteiger charge is 2.22. The van der Waals surface area contributed by atoms with Crippen molar-refractivity contribution in [3.8, 4) is 0 Å². The number of hydrogen-bond acceptors (Lipinski definition) is 3. The summed E-state index contributed by atoms with van der Waals surface area (Å²) in [6.07, 6.45) is 0.359. The van der Waals surface area contributed by atoms with Crippen molar-refractivity contribution in [2.24, 2.45) is 0 Å². The van der Waals surface area contributed by atoms with Gasteiger partial charge in [0.05, 0.1) is 0 Å². The Kier molecular flexibility index (Phi) is 5.73. The van der Waals surface area contributed by atoms with E-state index in [0.717, 1.165) is 11.3 Å². The number of carbonyl (C=O) groups excluding carboxylic acids is 3. The normalized spacial score (nSPS) is 14.5. The fourth-order valence-electron chi connectivity index (χ4n) is 2.58. The van der Waals surface area contributed by atoms with Gasteiger partial charge in [0.1, 0.15) is 0 Å². The quantitative estimate of drug-likeness (QED) is 0.913. The molecule has 0 aromatic heterocycles. The zero-order valence-corrected chi connectivity index (χ0v) is 13.7. The average molecular weight is 317 g/mol. The van der Waals surface area contributed by atoms with Crippen molar-refractivity contribution < 1.29 is 14.4 Å². The Labute approximate surface area is 136 Å². The SMILES string of the molecule is CC(=O)N1CCN(C(=O)CCC(=O)Nc2ccccc2C)CC1. The zero-order chi connectivity index (χ0) is 16.8. The first kappa shape index (κ1) is 17.0. The highest BCUT2D eigenvalue weighted by molar-refractivity contribution is 5.93. The van der Waals surface area contributed by atoms with Gasteiger partial charge in [0.25, 0.3) is 0 Å². The second-order valence-electron chi connectivity index (χ2n) is 5.75. The van der Waals surface area contributed by atoms with E-state index in [1.165, 1.54) is 6.92 Å². The number of hydrogen-bond donors (Lipinski definition) is 1. The van der Waals surface area contributed by atoms with Crippen LogP contribution in [0.2, 0.25) is 0 Å². The first-order valence-electron chi connectivity index (χ1n) is 7.86. The number of anilines is 1. The van der Waals surface area contributed by atoms with Gasteiger partial charge >= 0.3 is 0 Å². The number of benzene rings is 1. The van der Waals surface area contributed by atoms with Gasteiger partial charge in [0, 0.05) is 51.6 Å². The van der Waals surface area contributed by atoms with Gasteiger partial charge < -0.3 is 15.1 Å². The van der Waals surface area contributed by atoms with E-state index < -0.39 is 0 Å². The third-order valence-corrected chi connectivity index (χ3v) is 4.06. The van der Waals surface area contributed by atoms with Gasteiger partial charge in [-0.25, -0.2) is 0 Å². The molecular weight excluding hydrogens is 294 g/mol. The highest BCUT2D eigenvalue weighted by Crippen LogP contribution is 2.14. The lowest BCUT2D eigenvalue weighted by molar-refractivity contribution is -0.138. The molecule has 2 rings (SSSR count). The summed E-state index contributed by atoms with van der Waals surface area (Å²) >= 11 is 0. The molecule has 1 heterocycles. The molecule has 0 spiro atoms. The Bertz CT molecular complexity index is 593. The molecule has 0 unspecified atom stereocenters. The van der Waals surface area contributed by atoms with Gasteiger partial charge in [-0.15, -0.1) is 0 Å². The van der Waals surface area contributed by atoms with Gasteiger partial charge in [0.15, 0.2) is 0 Å². The molecule has 6 nitrogen and oxygen atoms in total. The minimum atomic E-state index is -0.157. The molecule has 124 valence electrons. The molecule has 1 aliphatic rings. The molecule has 3 amide bonds. The molecular formula is C17H23N3O3. The standard InChI is InChI=1S/C17H23N3O3/c1-13-5-3-4-6-15(13)18-16(22)7-8-17(23)20-11-9-19(10-12-20)14(2)21/h3-6H,7-12H2,1-2H3,(H,18,22). The largest absolute Gasteiger partial charge is 0.339 e. The molecule has 0 bridgehead atoms. The number of nitrogens with zero attached hydrogens (tertiary/aromatic N) is 2. The summed E-state index contributed by atoms with van der Waals surface area (Å²) in [5.41, 5.74) is 1.77. The third-order valence-electron chi connectivity index (χ3n) is 4.06. The first-order chi connectivity index (χ1) is 11.0. The van der Waals surface area contributed by atoms with Crippen LogP contribution >= 0.6 is 0 Å². The molecule has 1 aromatic carbocycles. The maximum Gasteiger partial charge on any atom is 0.224 e. The number of para-hydroxylation sites is 1. The van der Waals surface area contributed by atoms with Crippen LogP contribution in [-0.4, -0.2) is 53.7 Å². The smallest absolute Gasteiger partial charge is 0.224 e. The van der Waals surface area contributed by atoms with E-state index in [1.54, 1.807) is 9.80 Å². The van der Waals surface area contributed by atoms with Crippen LogP contribution in [0.3, 0.4) is 0 Å². The molecule has 6 heteroatoms. The van der Waals surface area contributed by atoms with E-state index in [9.17, 15) is 14.4 Å². The van der Waals surface area contributed by atoms with Gasteiger partial charge in [-0.2, -0.15) is 0 Å².